The number of nitro groups is 1. The average Bonchev–Trinajstić information content (AvgIpc) is 2.35. The topological polar surface area (TPSA) is 91.3 Å². The molecule has 0 aliphatic rings. The summed E-state index contributed by atoms with van der Waals surface area (Å²) in [5.41, 5.74) is 7.26. The van der Waals surface area contributed by atoms with Gasteiger partial charge in [0.25, 0.3) is 0 Å². The number of nitrogens with two attached hydrogens (primary N) is 1. The van der Waals surface area contributed by atoms with E-state index in [-0.39, 0.29) is 17.4 Å². The predicted molar refractivity (Wildman–Crippen MR) is 71.3 cm³/mol. The van der Waals surface area contributed by atoms with Gasteiger partial charge in [-0.2, -0.15) is 4.98 Å². The number of rotatable bonds is 3. The number of anilines is 1. The third-order valence-corrected chi connectivity index (χ3v) is 2.82. The summed E-state index contributed by atoms with van der Waals surface area (Å²) < 4.78 is 5.53. The smallest absolute Gasteiger partial charge is 0.331 e. The molecule has 0 aliphatic heterocycles. The van der Waals surface area contributed by atoms with Crippen molar-refractivity contribution in [2.24, 2.45) is 0 Å². The highest BCUT2D eigenvalue weighted by Crippen LogP contribution is 2.32. The van der Waals surface area contributed by atoms with Crippen LogP contribution in [0.25, 0.3) is 0 Å². The lowest BCUT2D eigenvalue weighted by Gasteiger charge is -2.10. The fourth-order valence-electron chi connectivity index (χ4n) is 1.60. The molecule has 1 aromatic carbocycles. The second kappa shape index (κ2) is 4.93. The summed E-state index contributed by atoms with van der Waals surface area (Å²) in [6.45, 7) is 3.81. The molecule has 98 valence electrons. The Kier molecular flexibility index (Phi) is 3.33. The highest BCUT2D eigenvalue weighted by atomic mass is 16.6. The van der Waals surface area contributed by atoms with E-state index >= 15 is 0 Å². The van der Waals surface area contributed by atoms with Crippen LogP contribution in [0.4, 0.5) is 11.5 Å². The molecule has 1 aromatic heterocycles. The number of hydrogen-bond donors (Lipinski definition) is 1. The van der Waals surface area contributed by atoms with Gasteiger partial charge in [-0.25, -0.2) is 0 Å². The van der Waals surface area contributed by atoms with Crippen molar-refractivity contribution in [3.05, 3.63) is 51.6 Å². The summed E-state index contributed by atoms with van der Waals surface area (Å²) in [4.78, 5) is 14.2. The molecule has 0 radical (unpaired) electrons. The summed E-state index contributed by atoms with van der Waals surface area (Å²) in [5.74, 6) is 0.603. The molecule has 2 aromatic rings. The predicted octanol–water partition coefficient (Wildman–Crippen LogP) is 2.98. The fraction of sp³-hybridized carbons (Fsp3) is 0.154. The number of aryl methyl sites for hydroxylation is 1. The monoisotopic (exact) mass is 259 g/mol. The standard InChI is InChI=1S/C13H13N3O3/c1-8-4-3-5-11(9(8)2)19-13-10(16(17)18)6-7-12(14)15-13/h3-7H,1-2H3,(H2,14,15). The minimum absolute atomic E-state index is 0.0984. The van der Waals surface area contributed by atoms with E-state index in [1.54, 1.807) is 6.07 Å². The first-order valence-electron chi connectivity index (χ1n) is 5.64. The Hall–Kier alpha value is -2.63. The second-order valence-corrected chi connectivity index (χ2v) is 4.12. The molecule has 1 heterocycles. The molecule has 6 nitrogen and oxygen atoms in total. The van der Waals surface area contributed by atoms with Gasteiger partial charge in [-0.3, -0.25) is 10.1 Å². The van der Waals surface area contributed by atoms with Crippen molar-refractivity contribution in [2.75, 3.05) is 5.73 Å². The number of benzene rings is 1. The highest BCUT2D eigenvalue weighted by Gasteiger charge is 2.18. The van der Waals surface area contributed by atoms with Crippen LogP contribution in [0.3, 0.4) is 0 Å². The van der Waals surface area contributed by atoms with Gasteiger partial charge in [0.2, 0.25) is 0 Å². The van der Waals surface area contributed by atoms with E-state index < -0.39 is 4.92 Å². The number of pyridine rings is 1. The zero-order valence-electron chi connectivity index (χ0n) is 10.6. The molecule has 6 heteroatoms. The minimum Gasteiger partial charge on any atom is -0.433 e. The van der Waals surface area contributed by atoms with Crippen LogP contribution in [0, 0.1) is 24.0 Å². The van der Waals surface area contributed by atoms with Gasteiger partial charge in [0.15, 0.2) is 0 Å². The van der Waals surface area contributed by atoms with Crippen LogP contribution in [0.1, 0.15) is 11.1 Å². The van der Waals surface area contributed by atoms with Crippen LogP contribution < -0.4 is 10.5 Å². The second-order valence-electron chi connectivity index (χ2n) is 4.12. The Balaban J connectivity index is 2.45. The van der Waals surface area contributed by atoms with Crippen LogP contribution >= 0.6 is 0 Å². The molecule has 2 N–H and O–H groups in total. The van der Waals surface area contributed by atoms with E-state index in [0.717, 1.165) is 11.1 Å². The van der Waals surface area contributed by atoms with Gasteiger partial charge in [-0.15, -0.1) is 0 Å². The molecule has 0 unspecified atom stereocenters. The van der Waals surface area contributed by atoms with Crippen LogP contribution in [0.15, 0.2) is 30.3 Å². The van der Waals surface area contributed by atoms with Gasteiger partial charge in [0.05, 0.1) is 4.92 Å². The quantitative estimate of drug-likeness (QED) is 0.675. The van der Waals surface area contributed by atoms with Crippen molar-refractivity contribution >= 4 is 11.5 Å². The maximum atomic E-state index is 10.9. The number of aromatic nitrogens is 1. The zero-order valence-corrected chi connectivity index (χ0v) is 10.6. The van der Waals surface area contributed by atoms with Crippen molar-refractivity contribution < 1.29 is 9.66 Å². The van der Waals surface area contributed by atoms with Crippen LogP contribution in [-0.2, 0) is 0 Å². The maximum Gasteiger partial charge on any atom is 0.331 e. The lowest BCUT2D eigenvalue weighted by molar-refractivity contribution is -0.386. The number of nitrogens with zero attached hydrogens (tertiary/aromatic N) is 2. The van der Waals surface area contributed by atoms with Gasteiger partial charge in [0.1, 0.15) is 11.6 Å². The number of ether oxygens (including phenoxy) is 1. The summed E-state index contributed by atoms with van der Waals surface area (Å²) in [5, 5.41) is 10.9. The normalized spacial score (nSPS) is 10.2. The summed E-state index contributed by atoms with van der Waals surface area (Å²) in [7, 11) is 0. The molecule has 0 saturated carbocycles. The van der Waals surface area contributed by atoms with Gasteiger partial charge in [0, 0.05) is 6.07 Å². The van der Waals surface area contributed by atoms with Gasteiger partial charge >= 0.3 is 11.6 Å². The first-order chi connectivity index (χ1) is 8.99. The fourth-order valence-corrected chi connectivity index (χ4v) is 1.60. The van der Waals surface area contributed by atoms with E-state index in [0.29, 0.717) is 5.75 Å². The van der Waals surface area contributed by atoms with Crippen molar-refractivity contribution in [2.45, 2.75) is 13.8 Å². The van der Waals surface area contributed by atoms with E-state index in [1.165, 1.54) is 12.1 Å². The third-order valence-electron chi connectivity index (χ3n) is 2.82. The first kappa shape index (κ1) is 12.8. The molecule has 0 saturated heterocycles. The first-order valence-corrected chi connectivity index (χ1v) is 5.64. The minimum atomic E-state index is -0.549. The maximum absolute atomic E-state index is 10.9. The molecule has 0 spiro atoms. The summed E-state index contributed by atoms with van der Waals surface area (Å²) in [6, 6.07) is 8.13. The van der Waals surface area contributed by atoms with E-state index in [2.05, 4.69) is 4.98 Å². The molecular formula is C13H13N3O3. The van der Waals surface area contributed by atoms with Crippen molar-refractivity contribution in [1.29, 1.82) is 0 Å². The van der Waals surface area contributed by atoms with Crippen LogP contribution in [-0.4, -0.2) is 9.91 Å². The molecule has 0 aliphatic carbocycles. The Labute approximate surface area is 110 Å². The third kappa shape index (κ3) is 2.62. The van der Waals surface area contributed by atoms with Crippen LogP contribution in [0.5, 0.6) is 11.6 Å². The SMILES string of the molecule is Cc1cccc(Oc2nc(N)ccc2[N+](=O)[O-])c1C. The molecule has 0 fully saturated rings. The van der Waals surface area contributed by atoms with Crippen LogP contribution in [0.2, 0.25) is 0 Å². The lowest BCUT2D eigenvalue weighted by Crippen LogP contribution is -2.00. The molecule has 0 amide bonds. The Bertz CT molecular complexity index is 641. The Morgan fingerprint density at radius 3 is 2.68 bits per heavy atom. The highest BCUT2D eigenvalue weighted by molar-refractivity contribution is 5.50. The van der Waals surface area contributed by atoms with E-state index in [4.69, 9.17) is 10.5 Å². The van der Waals surface area contributed by atoms with Gasteiger partial charge in [-0.05, 0) is 37.1 Å². The van der Waals surface area contributed by atoms with E-state index in [1.807, 2.05) is 26.0 Å². The number of hydrogen-bond acceptors (Lipinski definition) is 5. The van der Waals surface area contributed by atoms with Crippen molar-refractivity contribution in [3.63, 3.8) is 0 Å². The summed E-state index contributed by atoms with van der Waals surface area (Å²) in [6.07, 6.45) is 0. The molecule has 0 atom stereocenters. The zero-order chi connectivity index (χ0) is 14.0. The van der Waals surface area contributed by atoms with Crippen molar-refractivity contribution in [3.8, 4) is 11.6 Å². The van der Waals surface area contributed by atoms with Gasteiger partial charge < -0.3 is 10.5 Å². The average molecular weight is 259 g/mol. The number of nitrogen functional groups attached to an aromatic ring is 1. The Morgan fingerprint density at radius 2 is 2.00 bits per heavy atom. The lowest BCUT2D eigenvalue weighted by atomic mass is 10.1. The van der Waals surface area contributed by atoms with E-state index in [9.17, 15) is 10.1 Å². The van der Waals surface area contributed by atoms with Gasteiger partial charge in [-0.1, -0.05) is 12.1 Å². The Morgan fingerprint density at radius 1 is 1.26 bits per heavy atom. The molecule has 19 heavy (non-hydrogen) atoms. The van der Waals surface area contributed by atoms with Crippen molar-refractivity contribution in [1.82, 2.24) is 4.98 Å². The molecule has 2 rings (SSSR count). The summed E-state index contributed by atoms with van der Waals surface area (Å²) >= 11 is 0. The molecule has 0 bridgehead atoms. The largest absolute Gasteiger partial charge is 0.433 e. The molecular weight excluding hydrogens is 246 g/mol.